The first-order chi connectivity index (χ1) is 14.2. The van der Waals surface area contributed by atoms with Crippen LogP contribution in [-0.2, 0) is 14.8 Å². The summed E-state index contributed by atoms with van der Waals surface area (Å²) in [6.07, 6.45) is 1.78. The van der Waals surface area contributed by atoms with Crippen molar-refractivity contribution in [1.29, 1.82) is 0 Å². The van der Waals surface area contributed by atoms with Crippen molar-refractivity contribution in [2.45, 2.75) is 24.3 Å². The van der Waals surface area contributed by atoms with Gasteiger partial charge in [0.05, 0.1) is 4.90 Å². The van der Waals surface area contributed by atoms with Crippen molar-refractivity contribution >= 4 is 15.9 Å². The molecule has 2 N–H and O–H groups in total. The number of hydroxylamine groups is 1. The highest BCUT2D eigenvalue weighted by Gasteiger charge is 2.27. The van der Waals surface area contributed by atoms with Crippen LogP contribution in [0.3, 0.4) is 0 Å². The van der Waals surface area contributed by atoms with Crippen LogP contribution < -0.4 is 5.48 Å². The molecule has 1 heterocycles. The fourth-order valence-electron chi connectivity index (χ4n) is 3.37. The van der Waals surface area contributed by atoms with Gasteiger partial charge < -0.3 is 4.90 Å². The summed E-state index contributed by atoms with van der Waals surface area (Å²) < 4.78 is 27.1. The fraction of sp³-hybridized carbons (Fsp3) is 0.318. The van der Waals surface area contributed by atoms with E-state index in [9.17, 15) is 13.2 Å². The number of rotatable bonds is 6. The summed E-state index contributed by atoms with van der Waals surface area (Å²) in [5.74, 6) is -0.595. The van der Waals surface area contributed by atoms with Gasteiger partial charge in [-0.15, -0.1) is 0 Å². The molecule has 1 atom stereocenters. The van der Waals surface area contributed by atoms with Crippen molar-refractivity contribution in [2.24, 2.45) is 0 Å². The maximum Gasteiger partial charge on any atom is 0.270 e. The van der Waals surface area contributed by atoms with E-state index in [0.29, 0.717) is 11.6 Å². The highest BCUT2D eigenvalue weighted by atomic mass is 32.2. The number of amides is 1. The lowest BCUT2D eigenvalue weighted by molar-refractivity contribution is -0.125. The largest absolute Gasteiger partial charge is 0.303 e. The molecule has 0 aliphatic carbocycles. The Morgan fingerprint density at radius 1 is 1.07 bits per heavy atom. The number of sulfonamides is 1. The zero-order chi connectivity index (χ0) is 21.9. The highest BCUT2D eigenvalue weighted by Crippen LogP contribution is 2.26. The predicted molar refractivity (Wildman–Crippen MR) is 115 cm³/mol. The van der Waals surface area contributed by atoms with Crippen molar-refractivity contribution in [3.05, 3.63) is 65.7 Å². The van der Waals surface area contributed by atoms with E-state index in [1.54, 1.807) is 17.6 Å². The molecule has 2 aromatic carbocycles. The Kier molecular flexibility index (Phi) is 6.72. The molecule has 0 spiro atoms. The number of carbonyl (C=O) groups excluding carboxylic acids is 1. The van der Waals surface area contributed by atoms with Crippen LogP contribution in [0.4, 0.5) is 0 Å². The Morgan fingerprint density at radius 2 is 1.63 bits per heavy atom. The number of nitrogens with zero attached hydrogens (tertiary/aromatic N) is 2. The molecule has 0 saturated heterocycles. The molecular formula is C22H27N3O4S. The molecule has 0 radical (unpaired) electrons. The third-order valence-electron chi connectivity index (χ3n) is 5.56. The van der Waals surface area contributed by atoms with E-state index in [1.165, 1.54) is 15.9 Å². The first-order valence-corrected chi connectivity index (χ1v) is 11.2. The third-order valence-corrected chi connectivity index (χ3v) is 7.44. The predicted octanol–water partition coefficient (Wildman–Crippen LogP) is 2.80. The first kappa shape index (κ1) is 22.2. The van der Waals surface area contributed by atoms with Gasteiger partial charge in [-0.3, -0.25) is 10.0 Å². The van der Waals surface area contributed by atoms with Crippen LogP contribution in [0.2, 0.25) is 0 Å². The molecule has 1 unspecified atom stereocenters. The molecule has 30 heavy (non-hydrogen) atoms. The van der Waals surface area contributed by atoms with Crippen LogP contribution in [0.1, 0.15) is 24.9 Å². The Hall–Kier alpha value is -2.52. The Morgan fingerprint density at radius 3 is 2.10 bits per heavy atom. The lowest BCUT2D eigenvalue weighted by Gasteiger charge is -2.25. The number of benzene rings is 2. The minimum absolute atomic E-state index is 0.0956. The van der Waals surface area contributed by atoms with Crippen LogP contribution in [0.25, 0.3) is 11.1 Å². The minimum Gasteiger partial charge on any atom is -0.303 e. The van der Waals surface area contributed by atoms with E-state index in [-0.39, 0.29) is 24.4 Å². The molecule has 0 fully saturated rings. The smallest absolute Gasteiger partial charge is 0.270 e. The standard InChI is InChI=1S/C22H27N3O4S/c1-16(24(2)3)17-4-6-18(7-5-17)19-8-10-21(11-9-19)30(28,29)25-14-12-20(13-15-25)22(26)23-27/h4-12,16,27H,13-15H2,1-3H3,(H,23,26). The maximum atomic E-state index is 12.9. The summed E-state index contributed by atoms with van der Waals surface area (Å²) in [5.41, 5.74) is 5.14. The van der Waals surface area contributed by atoms with Crippen LogP contribution >= 0.6 is 0 Å². The lowest BCUT2D eigenvalue weighted by atomic mass is 10.0. The number of carbonyl (C=O) groups is 1. The van der Waals surface area contributed by atoms with Gasteiger partial charge in [-0.1, -0.05) is 42.5 Å². The molecule has 0 aromatic heterocycles. The molecule has 1 amide bonds. The van der Waals surface area contributed by atoms with Gasteiger partial charge in [-0.25, -0.2) is 13.9 Å². The molecular weight excluding hydrogens is 402 g/mol. The van der Waals surface area contributed by atoms with Gasteiger partial charge in [-0.05, 0) is 56.3 Å². The number of hydrogen-bond acceptors (Lipinski definition) is 5. The Bertz CT molecular complexity index is 1030. The fourth-order valence-corrected chi connectivity index (χ4v) is 4.75. The van der Waals surface area contributed by atoms with Crippen molar-refractivity contribution in [3.8, 4) is 11.1 Å². The molecule has 160 valence electrons. The van der Waals surface area contributed by atoms with E-state index in [0.717, 1.165) is 11.1 Å². The lowest BCUT2D eigenvalue weighted by Crippen LogP contribution is -2.37. The summed E-state index contributed by atoms with van der Waals surface area (Å²) in [4.78, 5) is 13.8. The third kappa shape index (κ3) is 4.62. The Labute approximate surface area is 177 Å². The SMILES string of the molecule is CC(c1ccc(-c2ccc(S(=O)(=O)N3CC=C(C(=O)NO)CC3)cc2)cc1)N(C)C. The van der Waals surface area contributed by atoms with Gasteiger partial charge in [0.2, 0.25) is 10.0 Å². The minimum atomic E-state index is -3.66. The molecule has 2 aromatic rings. The van der Waals surface area contributed by atoms with Crippen LogP contribution in [0.5, 0.6) is 0 Å². The molecule has 1 aliphatic heterocycles. The van der Waals surface area contributed by atoms with Gasteiger partial charge in [0, 0.05) is 24.7 Å². The van der Waals surface area contributed by atoms with E-state index in [4.69, 9.17) is 5.21 Å². The zero-order valence-corrected chi connectivity index (χ0v) is 18.2. The van der Waals surface area contributed by atoms with E-state index in [2.05, 4.69) is 24.0 Å². The highest BCUT2D eigenvalue weighted by molar-refractivity contribution is 7.89. The zero-order valence-electron chi connectivity index (χ0n) is 17.4. The van der Waals surface area contributed by atoms with Gasteiger partial charge in [0.15, 0.2) is 0 Å². The average molecular weight is 430 g/mol. The Balaban J connectivity index is 1.75. The van der Waals surface area contributed by atoms with Crippen LogP contribution in [0.15, 0.2) is 65.1 Å². The number of hydrogen-bond donors (Lipinski definition) is 2. The summed E-state index contributed by atoms with van der Waals surface area (Å²) >= 11 is 0. The van der Waals surface area contributed by atoms with Gasteiger partial charge in [0.25, 0.3) is 5.91 Å². The first-order valence-electron chi connectivity index (χ1n) is 9.74. The molecule has 3 rings (SSSR count). The number of nitrogens with one attached hydrogen (secondary N) is 1. The second kappa shape index (κ2) is 9.09. The average Bonchev–Trinajstić information content (AvgIpc) is 2.78. The van der Waals surface area contributed by atoms with Crippen molar-refractivity contribution in [2.75, 3.05) is 27.2 Å². The second-order valence-electron chi connectivity index (χ2n) is 7.57. The van der Waals surface area contributed by atoms with Gasteiger partial charge in [-0.2, -0.15) is 4.31 Å². The summed E-state index contributed by atoms with van der Waals surface area (Å²) in [6.45, 7) is 2.43. The van der Waals surface area contributed by atoms with Crippen molar-refractivity contribution in [3.63, 3.8) is 0 Å². The van der Waals surface area contributed by atoms with E-state index < -0.39 is 15.9 Å². The van der Waals surface area contributed by atoms with Crippen molar-refractivity contribution in [1.82, 2.24) is 14.7 Å². The molecule has 8 heteroatoms. The summed E-state index contributed by atoms with van der Waals surface area (Å²) in [7, 11) is 0.424. The summed E-state index contributed by atoms with van der Waals surface area (Å²) in [6, 6.07) is 15.4. The quantitative estimate of drug-likeness (QED) is 0.544. The maximum absolute atomic E-state index is 12.9. The van der Waals surface area contributed by atoms with E-state index >= 15 is 0 Å². The summed E-state index contributed by atoms with van der Waals surface area (Å²) in [5, 5.41) is 8.70. The second-order valence-corrected chi connectivity index (χ2v) is 9.51. The molecule has 0 saturated carbocycles. The monoisotopic (exact) mass is 429 g/mol. The van der Waals surface area contributed by atoms with Gasteiger partial charge >= 0.3 is 0 Å². The van der Waals surface area contributed by atoms with Crippen LogP contribution in [0, 0.1) is 0 Å². The topological polar surface area (TPSA) is 90.0 Å². The van der Waals surface area contributed by atoms with Crippen LogP contribution in [-0.4, -0.2) is 55.9 Å². The molecule has 1 aliphatic rings. The van der Waals surface area contributed by atoms with E-state index in [1.807, 2.05) is 38.4 Å². The van der Waals surface area contributed by atoms with Crippen molar-refractivity contribution < 1.29 is 18.4 Å². The van der Waals surface area contributed by atoms with Gasteiger partial charge in [0.1, 0.15) is 0 Å². The normalized spacial score (nSPS) is 16.2. The molecule has 7 nitrogen and oxygen atoms in total. The molecule has 0 bridgehead atoms.